The van der Waals surface area contributed by atoms with Gasteiger partial charge < -0.3 is 57.4 Å². The molecular weight excluding hydrogens is 1300 g/mol. The average molecular weight is 1410 g/mol. The van der Waals surface area contributed by atoms with Crippen LogP contribution in [0.2, 0.25) is 0 Å². The molecule has 4 aliphatic carbocycles. The van der Waals surface area contributed by atoms with Gasteiger partial charge in [0.15, 0.2) is 23.8 Å². The molecule has 0 spiro atoms. The van der Waals surface area contributed by atoms with Crippen molar-refractivity contribution in [3.05, 3.63) is 81.9 Å². The molecule has 0 aromatic carbocycles. The molecule has 0 unspecified atom stereocenters. The Morgan fingerprint density at radius 2 is 1.48 bits per heavy atom. The number of unbranched alkanes of at least 4 members (excludes halogenated alkanes) is 3. The number of rotatable bonds is 16. The summed E-state index contributed by atoms with van der Waals surface area (Å²) in [5.41, 5.74) is 0.363. The summed E-state index contributed by atoms with van der Waals surface area (Å²) in [5.74, 6) is -11.4. The van der Waals surface area contributed by atoms with E-state index in [1.807, 2.05) is 65.0 Å². The van der Waals surface area contributed by atoms with Gasteiger partial charge in [-0.3, -0.25) is 38.4 Å². The number of ether oxygens (including phenoxy) is 8. The number of amides is 1. The number of carbonyl (C=O) groups is 10. The summed E-state index contributed by atoms with van der Waals surface area (Å²) in [7, 11) is 4.41. The largest absolute Gasteiger partial charge is 0.460 e. The lowest BCUT2D eigenvalue weighted by Crippen LogP contribution is -2.61. The van der Waals surface area contributed by atoms with E-state index in [1.165, 1.54) is 25.4 Å². The first-order valence-electron chi connectivity index (χ1n) is 37.0. The summed E-state index contributed by atoms with van der Waals surface area (Å²) < 4.78 is 54.4. The Morgan fingerprint density at radius 1 is 0.772 bits per heavy atom. The lowest BCUT2D eigenvalue weighted by molar-refractivity contribution is -0.265. The van der Waals surface area contributed by atoms with E-state index in [0.29, 0.717) is 106 Å². The predicted octanol–water partition coefficient (Wildman–Crippen LogP) is 11.0. The zero-order valence-corrected chi connectivity index (χ0v) is 61.3. The van der Waals surface area contributed by atoms with Crippen LogP contribution in [0.1, 0.15) is 230 Å². The first-order chi connectivity index (χ1) is 48.0. The molecule has 5 heterocycles. The van der Waals surface area contributed by atoms with Crippen molar-refractivity contribution in [3.8, 4) is 0 Å². The minimum Gasteiger partial charge on any atom is -0.460 e. The van der Waals surface area contributed by atoms with E-state index in [-0.39, 0.29) is 105 Å². The molecule has 4 aliphatic heterocycles. The van der Waals surface area contributed by atoms with Crippen LogP contribution in [0, 0.1) is 46.8 Å². The maximum Gasteiger partial charge on any atom is 0.342 e. The predicted molar refractivity (Wildman–Crippen MR) is 369 cm³/mol. The molecule has 0 radical (unpaired) electrons. The molecule has 8 aliphatic rings. The molecule has 101 heavy (non-hydrogen) atoms. The van der Waals surface area contributed by atoms with E-state index in [0.717, 1.165) is 18.4 Å². The lowest BCUT2D eigenvalue weighted by Gasteiger charge is -2.51. The number of piperidine rings is 1. The van der Waals surface area contributed by atoms with Crippen LogP contribution in [0.15, 0.2) is 69.4 Å². The third kappa shape index (κ3) is 17.1. The molecule has 22 nitrogen and oxygen atoms in total. The second-order valence-electron chi connectivity index (χ2n) is 30.8. The van der Waals surface area contributed by atoms with E-state index in [9.17, 15) is 58.2 Å². The molecule has 2 N–H and O–H groups in total. The Hall–Kier alpha value is -6.56. The fraction of sp³-hybridized carbons (Fsp3) is 0.696. The van der Waals surface area contributed by atoms with Gasteiger partial charge in [0, 0.05) is 107 Å². The van der Waals surface area contributed by atoms with Crippen molar-refractivity contribution in [1.82, 2.24) is 4.90 Å². The van der Waals surface area contributed by atoms with Gasteiger partial charge >= 0.3 is 23.9 Å². The van der Waals surface area contributed by atoms with Crippen LogP contribution in [0.3, 0.4) is 0 Å². The molecular formula is C79H109NO21. The summed E-state index contributed by atoms with van der Waals surface area (Å²) in [6.07, 6.45) is 13.6. The summed E-state index contributed by atoms with van der Waals surface area (Å²) >= 11 is 0. The number of furan rings is 1. The summed E-state index contributed by atoms with van der Waals surface area (Å²) in [6, 6.07) is -1.20. The molecule has 1 aromatic rings. The van der Waals surface area contributed by atoms with Gasteiger partial charge in [-0.25, -0.2) is 9.59 Å². The second-order valence-corrected chi connectivity index (χ2v) is 30.8. The zero-order valence-electron chi connectivity index (χ0n) is 61.3. The van der Waals surface area contributed by atoms with Crippen LogP contribution in [-0.2, 0) is 81.7 Å². The molecule has 9 rings (SSSR count). The number of methoxy groups -OCH3 is 3. The first kappa shape index (κ1) is 78.6. The number of ketones is 5. The number of fused-ring (bicyclic) bond motifs is 6. The molecule has 2 saturated heterocycles. The molecule has 22 heteroatoms. The molecule has 1 amide bonds. The van der Waals surface area contributed by atoms with Gasteiger partial charge in [-0.2, -0.15) is 0 Å². The number of hydrogen-bond acceptors (Lipinski definition) is 21. The van der Waals surface area contributed by atoms with Crippen molar-refractivity contribution in [2.24, 2.45) is 46.8 Å². The number of aliphatic hydroxyl groups excluding tert-OH is 1. The number of cyclic esters (lactones) is 2. The number of Topliss-reactive ketones (excluding diaryl/α,β-unsaturated/α-hetero) is 5. The van der Waals surface area contributed by atoms with Gasteiger partial charge in [0.05, 0.1) is 30.3 Å². The number of nitrogens with zero attached hydrogens (tertiary/aromatic N) is 1. The van der Waals surface area contributed by atoms with Crippen LogP contribution in [0.4, 0.5) is 0 Å². The van der Waals surface area contributed by atoms with Crippen molar-refractivity contribution in [2.45, 2.75) is 270 Å². The molecule has 556 valence electrons. The molecule has 2 bridgehead atoms. The highest BCUT2D eigenvalue weighted by atomic mass is 16.6. The summed E-state index contributed by atoms with van der Waals surface area (Å²) in [5, 5.41) is 22.5. The van der Waals surface area contributed by atoms with E-state index in [1.54, 1.807) is 40.9 Å². The van der Waals surface area contributed by atoms with Crippen LogP contribution >= 0.6 is 0 Å². The Labute approximate surface area is 594 Å². The highest BCUT2D eigenvalue weighted by Crippen LogP contribution is 2.61. The van der Waals surface area contributed by atoms with Gasteiger partial charge in [-0.05, 0) is 145 Å². The fourth-order valence-electron chi connectivity index (χ4n) is 17.4. The first-order valence-corrected chi connectivity index (χ1v) is 37.0. The van der Waals surface area contributed by atoms with E-state index in [2.05, 4.69) is 0 Å². The lowest BCUT2D eigenvalue weighted by atomic mass is 9.54. The van der Waals surface area contributed by atoms with Crippen LogP contribution in [0.5, 0.6) is 0 Å². The monoisotopic (exact) mass is 1410 g/mol. The third-order valence-corrected chi connectivity index (χ3v) is 23.5. The normalized spacial score (nSPS) is 37.0. The van der Waals surface area contributed by atoms with Gasteiger partial charge in [-0.1, -0.05) is 90.8 Å². The summed E-state index contributed by atoms with van der Waals surface area (Å²) in [4.78, 5) is 144. The number of aliphatic hydroxyl groups is 2. The van der Waals surface area contributed by atoms with Gasteiger partial charge in [-0.15, -0.1) is 0 Å². The number of hydrogen-bond donors (Lipinski definition) is 2. The second kappa shape index (κ2) is 33.9. The van der Waals surface area contributed by atoms with E-state index in [4.69, 9.17) is 42.3 Å². The Bertz CT molecular complexity index is 3420. The smallest absolute Gasteiger partial charge is 0.342 e. The van der Waals surface area contributed by atoms with Crippen molar-refractivity contribution < 1.29 is 100 Å². The van der Waals surface area contributed by atoms with Gasteiger partial charge in [0.25, 0.3) is 11.7 Å². The van der Waals surface area contributed by atoms with Crippen molar-refractivity contribution >= 4 is 58.7 Å². The molecule has 4 fully saturated rings. The van der Waals surface area contributed by atoms with Crippen LogP contribution in [0.25, 0.3) is 0 Å². The number of carbonyl (C=O) groups excluding carboxylic acids is 10. The maximum atomic E-state index is 14.8. The average Bonchev–Trinajstić information content (AvgIpc) is 1.64. The molecule has 1 aromatic heterocycles. The third-order valence-electron chi connectivity index (χ3n) is 23.5. The highest BCUT2D eigenvalue weighted by Gasteiger charge is 2.65. The topological polar surface area (TPSA) is 301 Å². The van der Waals surface area contributed by atoms with Gasteiger partial charge in [0.1, 0.15) is 47.7 Å². The number of esters is 4. The minimum absolute atomic E-state index is 0.0104. The van der Waals surface area contributed by atoms with Crippen LogP contribution in [-0.4, -0.2) is 169 Å². The maximum absolute atomic E-state index is 14.8. The highest BCUT2D eigenvalue weighted by molar-refractivity contribution is 6.39. The van der Waals surface area contributed by atoms with Crippen molar-refractivity contribution in [1.29, 1.82) is 0 Å². The van der Waals surface area contributed by atoms with Crippen molar-refractivity contribution in [2.75, 3.05) is 34.5 Å². The number of allylic oxidation sites excluding steroid dienone is 7. The Morgan fingerprint density at radius 3 is 2.16 bits per heavy atom. The molecule has 17 atom stereocenters. The Kier molecular flexibility index (Phi) is 26.4. The van der Waals surface area contributed by atoms with Crippen LogP contribution < -0.4 is 0 Å². The quantitative estimate of drug-likeness (QED) is 0.0511. The van der Waals surface area contributed by atoms with E-state index >= 15 is 0 Å². The SMILES string of the molecule is COC[C@H]1OC(=O)c2coc3c2[C@@]1(C)C1=C(C3=O)[C@@H]2CCC(=O)[C@@]2(C)C[C@H]1OC(=O)CCCCCCC(=O)O[C@@H]1/C(C)=C/[C@@H](C)C(=O)C[C@@H]([C@H](C)C[C@H]2CC[C@H](O)CC2)OC(=O)[C@@H]2CCCCN2C(=O)C(=O)[C@]2(O)O[C@@H](CC[C@H]2C)C[C@H](OC)/C(C)=C/C=C/C=C/[C@@H](C)C[C@@H](C)C(=O)[C@@H]1OC. The van der Waals surface area contributed by atoms with E-state index < -0.39 is 137 Å². The van der Waals surface area contributed by atoms with Gasteiger partial charge in [0.2, 0.25) is 11.6 Å². The van der Waals surface area contributed by atoms with Crippen molar-refractivity contribution in [3.63, 3.8) is 0 Å². The zero-order chi connectivity index (χ0) is 73.4. The minimum atomic E-state index is -2.48. The summed E-state index contributed by atoms with van der Waals surface area (Å²) in [6.45, 7) is 16.3. The standard InChI is InChI=1S/C79H109NO21/c1-44-22-16-15-17-23-45(2)58(94-11)39-53-32-27-50(7)79(92,101-53)73(88)74(89)80-35-21-20-24-56(80)76(91)98-59(47(4)38-51-28-30-52(81)31-29-51)40-57(82)46(3)37-49(6)70(72(95-12)68(86)48(5)36-44)100-64(85)26-19-14-13-18-25-63(84)97-60-41-77(8)55(33-34-61(77)83)65-67(60)78(9)62(43-93-10)99-75(90)54-42-96-71(66(54)78)69(65)87/h15-17,22-23,37,42,44,46-48,50-53,55-56,58-60,62,70,72,81,92H,13-14,18-21,24-36,38-41,43H2,1-12H3/b17-15+,22-16+,45-23+,49-37+/t44-,46-,47-,48-,50-,51-,52-,53+,55+,56+,58+,59+,60-,62-,70-,72+,77+,78+,79-/m1/s1. The Balaban J connectivity index is 0.915. The molecule has 2 saturated carbocycles. The fourth-order valence-corrected chi connectivity index (χ4v) is 17.4.